The van der Waals surface area contributed by atoms with E-state index in [1.807, 2.05) is 0 Å². The van der Waals surface area contributed by atoms with E-state index < -0.39 is 5.54 Å². The second-order valence-corrected chi connectivity index (χ2v) is 7.89. The van der Waals surface area contributed by atoms with Crippen LogP contribution in [0.25, 0.3) is 0 Å². The molecule has 0 heterocycles. The summed E-state index contributed by atoms with van der Waals surface area (Å²) < 4.78 is 0. The van der Waals surface area contributed by atoms with Gasteiger partial charge in [-0.2, -0.15) is 0 Å². The molecule has 5 rings (SSSR count). The van der Waals surface area contributed by atoms with Crippen LogP contribution in [0.15, 0.2) is 0 Å². The third kappa shape index (κ3) is 1.47. The van der Waals surface area contributed by atoms with Gasteiger partial charge in [-0.25, -0.2) is 0 Å². The Morgan fingerprint density at radius 1 is 0.889 bits per heavy atom. The second kappa shape index (κ2) is 3.59. The lowest BCUT2D eigenvalue weighted by Crippen LogP contribution is -2.59. The number of ketones is 1. The molecule has 0 spiro atoms. The number of Topliss-reactive ketones (excluding diaryl/α,β-unsaturated/α-hetero) is 1. The molecule has 4 bridgehead atoms. The Kier molecular flexibility index (Phi) is 2.29. The zero-order valence-electron chi connectivity index (χ0n) is 11.3. The van der Waals surface area contributed by atoms with Crippen LogP contribution >= 0.6 is 0 Å². The molecule has 5 aliphatic rings. The minimum atomic E-state index is -0.439. The largest absolute Gasteiger partial charge is 0.319 e. The predicted octanol–water partition coefficient (Wildman–Crippen LogP) is 3.04. The smallest absolute Gasteiger partial charge is 0.158 e. The molecular weight excluding hydrogens is 222 g/mol. The summed E-state index contributed by atoms with van der Waals surface area (Å²) in [5.41, 5.74) is 6.06. The van der Waals surface area contributed by atoms with Crippen molar-refractivity contribution in [2.75, 3.05) is 0 Å². The molecule has 5 saturated carbocycles. The molecule has 0 unspecified atom stereocenters. The summed E-state index contributed by atoms with van der Waals surface area (Å²) >= 11 is 0. The predicted molar refractivity (Wildman–Crippen MR) is 71.0 cm³/mol. The number of rotatable bonds is 2. The minimum absolute atomic E-state index is 0.0217. The maximum absolute atomic E-state index is 13.1. The fourth-order valence-corrected chi connectivity index (χ4v) is 6.15. The van der Waals surface area contributed by atoms with Crippen LogP contribution in [0.1, 0.15) is 64.2 Å². The number of nitrogens with two attached hydrogens (primary N) is 1. The van der Waals surface area contributed by atoms with E-state index in [-0.39, 0.29) is 5.41 Å². The summed E-state index contributed by atoms with van der Waals surface area (Å²) in [6.07, 6.45) is 12.0. The summed E-state index contributed by atoms with van der Waals surface area (Å²) in [6.45, 7) is 0. The molecule has 5 aliphatic carbocycles. The lowest BCUT2D eigenvalue weighted by molar-refractivity contribution is -0.149. The van der Waals surface area contributed by atoms with Crippen LogP contribution in [0.3, 0.4) is 0 Å². The van der Waals surface area contributed by atoms with Gasteiger partial charge < -0.3 is 5.73 Å². The Morgan fingerprint density at radius 3 is 1.78 bits per heavy atom. The van der Waals surface area contributed by atoms with E-state index in [1.165, 1.54) is 38.5 Å². The van der Waals surface area contributed by atoms with Gasteiger partial charge in [0, 0.05) is 5.41 Å². The third-order valence-corrected chi connectivity index (χ3v) is 6.47. The third-order valence-electron chi connectivity index (χ3n) is 6.47. The van der Waals surface area contributed by atoms with Crippen molar-refractivity contribution in [3.63, 3.8) is 0 Å². The highest BCUT2D eigenvalue weighted by atomic mass is 16.1. The molecule has 0 aromatic heterocycles. The van der Waals surface area contributed by atoms with Crippen molar-refractivity contribution in [1.82, 2.24) is 0 Å². The van der Waals surface area contributed by atoms with Crippen molar-refractivity contribution in [3.8, 4) is 0 Å². The van der Waals surface area contributed by atoms with Gasteiger partial charge >= 0.3 is 0 Å². The van der Waals surface area contributed by atoms with Gasteiger partial charge in [0.2, 0.25) is 0 Å². The molecule has 2 nitrogen and oxygen atoms in total. The molecule has 0 aromatic rings. The molecule has 0 aliphatic heterocycles. The van der Waals surface area contributed by atoms with Crippen molar-refractivity contribution in [2.24, 2.45) is 28.9 Å². The monoisotopic (exact) mass is 247 g/mol. The van der Waals surface area contributed by atoms with Gasteiger partial charge in [0.1, 0.15) is 0 Å². The van der Waals surface area contributed by atoms with E-state index >= 15 is 0 Å². The van der Waals surface area contributed by atoms with Crippen LogP contribution < -0.4 is 5.73 Å². The van der Waals surface area contributed by atoms with E-state index in [2.05, 4.69) is 0 Å². The first-order valence-corrected chi connectivity index (χ1v) is 7.93. The number of carbonyl (C=O) groups excluding carboxylic acids is 1. The fraction of sp³-hybridized carbons (Fsp3) is 0.938. The fourth-order valence-electron chi connectivity index (χ4n) is 6.15. The lowest BCUT2D eigenvalue weighted by Gasteiger charge is -2.57. The lowest BCUT2D eigenvalue weighted by atomic mass is 9.47. The minimum Gasteiger partial charge on any atom is -0.319 e. The van der Waals surface area contributed by atoms with Crippen LogP contribution in [-0.2, 0) is 4.79 Å². The van der Waals surface area contributed by atoms with E-state index in [1.54, 1.807) is 0 Å². The molecule has 0 atom stereocenters. The summed E-state index contributed by atoms with van der Waals surface area (Å²) in [4.78, 5) is 13.1. The first-order valence-electron chi connectivity index (χ1n) is 7.93. The maximum atomic E-state index is 13.1. The Hall–Kier alpha value is -0.370. The first kappa shape index (κ1) is 11.5. The number of hydrogen-bond donors (Lipinski definition) is 1. The second-order valence-electron chi connectivity index (χ2n) is 7.89. The van der Waals surface area contributed by atoms with Gasteiger partial charge in [0.25, 0.3) is 0 Å². The highest BCUT2D eigenvalue weighted by Gasteiger charge is 2.58. The SMILES string of the molecule is NC1(C(=O)C23CC4CC(CC(C4)C2)C3)CCCC1. The highest BCUT2D eigenvalue weighted by Crippen LogP contribution is 2.61. The number of hydrogen-bond acceptors (Lipinski definition) is 2. The molecule has 100 valence electrons. The van der Waals surface area contributed by atoms with E-state index in [9.17, 15) is 4.79 Å². The average Bonchev–Trinajstić information content (AvgIpc) is 2.74. The van der Waals surface area contributed by atoms with Crippen LogP contribution in [0, 0.1) is 23.2 Å². The molecule has 0 amide bonds. The van der Waals surface area contributed by atoms with Crippen molar-refractivity contribution < 1.29 is 4.79 Å². The Bertz CT molecular complexity index is 345. The van der Waals surface area contributed by atoms with Crippen molar-refractivity contribution in [3.05, 3.63) is 0 Å². The Labute approximate surface area is 110 Å². The summed E-state index contributed by atoms with van der Waals surface area (Å²) in [7, 11) is 0. The zero-order valence-corrected chi connectivity index (χ0v) is 11.3. The van der Waals surface area contributed by atoms with Crippen LogP contribution in [-0.4, -0.2) is 11.3 Å². The van der Waals surface area contributed by atoms with Crippen molar-refractivity contribution >= 4 is 5.78 Å². The molecule has 0 saturated heterocycles. The van der Waals surface area contributed by atoms with Gasteiger partial charge in [-0.05, 0) is 69.1 Å². The van der Waals surface area contributed by atoms with Gasteiger partial charge in [0.15, 0.2) is 5.78 Å². The zero-order chi connectivity index (χ0) is 12.4. The van der Waals surface area contributed by atoms with E-state index in [4.69, 9.17) is 5.73 Å². The van der Waals surface area contributed by atoms with Gasteiger partial charge in [-0.3, -0.25) is 4.79 Å². The highest BCUT2D eigenvalue weighted by molar-refractivity contribution is 5.94. The van der Waals surface area contributed by atoms with E-state index in [0.29, 0.717) is 5.78 Å². The van der Waals surface area contributed by atoms with Gasteiger partial charge in [-0.1, -0.05) is 12.8 Å². The molecular formula is C16H25NO. The van der Waals surface area contributed by atoms with Crippen LogP contribution in [0.4, 0.5) is 0 Å². The molecule has 2 heteroatoms. The summed E-state index contributed by atoms with van der Waals surface area (Å²) in [6, 6.07) is 0. The Morgan fingerprint density at radius 2 is 1.33 bits per heavy atom. The maximum Gasteiger partial charge on any atom is 0.158 e. The molecule has 18 heavy (non-hydrogen) atoms. The normalized spacial score (nSPS) is 48.6. The summed E-state index contributed by atoms with van der Waals surface area (Å²) in [5, 5.41) is 0. The summed E-state index contributed by atoms with van der Waals surface area (Å²) in [5.74, 6) is 3.03. The number of carbonyl (C=O) groups is 1. The van der Waals surface area contributed by atoms with Crippen molar-refractivity contribution in [1.29, 1.82) is 0 Å². The van der Waals surface area contributed by atoms with Crippen LogP contribution in [0.5, 0.6) is 0 Å². The van der Waals surface area contributed by atoms with E-state index in [0.717, 1.165) is 43.4 Å². The van der Waals surface area contributed by atoms with Gasteiger partial charge in [-0.15, -0.1) is 0 Å². The Balaban J connectivity index is 1.65. The quantitative estimate of drug-likeness (QED) is 0.815. The average molecular weight is 247 g/mol. The van der Waals surface area contributed by atoms with Crippen molar-refractivity contribution in [2.45, 2.75) is 69.7 Å². The topological polar surface area (TPSA) is 43.1 Å². The standard InChI is InChI=1S/C16H25NO/c17-16(3-1-2-4-16)14(18)15-8-11-5-12(9-15)7-13(6-11)10-15/h11-13H,1-10,17H2. The van der Waals surface area contributed by atoms with Crippen LogP contribution in [0.2, 0.25) is 0 Å². The first-order chi connectivity index (χ1) is 8.60. The van der Waals surface area contributed by atoms with Gasteiger partial charge in [0.05, 0.1) is 5.54 Å². The molecule has 5 fully saturated rings. The molecule has 2 N–H and O–H groups in total. The molecule has 0 aromatic carbocycles. The molecule has 0 radical (unpaired) electrons.